The van der Waals surface area contributed by atoms with Crippen LogP contribution < -0.4 is 0 Å². The molecule has 5 nitrogen and oxygen atoms in total. The minimum Gasteiger partial charge on any atom is -0.392 e. The summed E-state index contributed by atoms with van der Waals surface area (Å²) in [6, 6.07) is 6.54. The number of sulfonamides is 1. The number of rotatable bonds is 3. The Morgan fingerprint density at radius 3 is 2.42 bits per heavy atom. The molecule has 2 rings (SSSR count). The zero-order chi connectivity index (χ0) is 14.0. The van der Waals surface area contributed by atoms with Crippen LogP contribution in [0.1, 0.15) is 19.4 Å². The largest absolute Gasteiger partial charge is 0.392 e. The highest BCUT2D eigenvalue weighted by atomic mass is 32.2. The van der Waals surface area contributed by atoms with Gasteiger partial charge in [-0.15, -0.1) is 0 Å². The average Bonchev–Trinajstić information content (AvgIpc) is 2.37. The Morgan fingerprint density at radius 2 is 1.84 bits per heavy atom. The molecule has 1 aliphatic rings. The average molecular weight is 285 g/mol. The molecule has 1 aromatic carbocycles. The molecule has 106 valence electrons. The summed E-state index contributed by atoms with van der Waals surface area (Å²) in [6.45, 7) is 4.11. The molecule has 1 saturated heterocycles. The number of aliphatic hydroxyl groups is 1. The van der Waals surface area contributed by atoms with Crippen molar-refractivity contribution in [3.05, 3.63) is 29.8 Å². The van der Waals surface area contributed by atoms with E-state index in [-0.39, 0.29) is 23.7 Å². The Morgan fingerprint density at radius 1 is 1.26 bits per heavy atom. The number of hydrogen-bond acceptors (Lipinski definition) is 4. The first-order chi connectivity index (χ1) is 8.95. The summed E-state index contributed by atoms with van der Waals surface area (Å²) in [5.74, 6) is 0. The Hall–Kier alpha value is -0.950. The molecule has 2 atom stereocenters. The van der Waals surface area contributed by atoms with Crippen LogP contribution in [-0.2, 0) is 21.4 Å². The highest BCUT2D eigenvalue weighted by Gasteiger charge is 2.33. The van der Waals surface area contributed by atoms with Crippen molar-refractivity contribution in [1.29, 1.82) is 0 Å². The quantitative estimate of drug-likeness (QED) is 0.899. The first-order valence-electron chi connectivity index (χ1n) is 6.29. The first-order valence-corrected chi connectivity index (χ1v) is 7.73. The summed E-state index contributed by atoms with van der Waals surface area (Å²) in [5.41, 5.74) is 0.425. The van der Waals surface area contributed by atoms with E-state index in [1.54, 1.807) is 18.2 Å². The maximum atomic E-state index is 12.6. The number of benzene rings is 1. The summed E-state index contributed by atoms with van der Waals surface area (Å²) in [6.07, 6.45) is -0.250. The predicted molar refractivity (Wildman–Crippen MR) is 71.1 cm³/mol. The van der Waals surface area contributed by atoms with Gasteiger partial charge >= 0.3 is 0 Å². The van der Waals surface area contributed by atoms with Crippen LogP contribution in [0.15, 0.2) is 29.2 Å². The molecular weight excluding hydrogens is 266 g/mol. The highest BCUT2D eigenvalue weighted by molar-refractivity contribution is 7.89. The molecular formula is C13H19NO4S. The van der Waals surface area contributed by atoms with Crippen LogP contribution in [0.2, 0.25) is 0 Å². The van der Waals surface area contributed by atoms with Crippen LogP contribution >= 0.6 is 0 Å². The van der Waals surface area contributed by atoms with Crippen molar-refractivity contribution >= 4 is 10.0 Å². The van der Waals surface area contributed by atoms with E-state index >= 15 is 0 Å². The van der Waals surface area contributed by atoms with Crippen molar-refractivity contribution in [1.82, 2.24) is 4.31 Å². The van der Waals surface area contributed by atoms with Crippen molar-refractivity contribution in [3.8, 4) is 0 Å². The lowest BCUT2D eigenvalue weighted by Crippen LogP contribution is -2.48. The SMILES string of the molecule is C[C@@H]1CN(S(=O)(=O)c2ccccc2CO)C[C@H](C)O1. The second-order valence-corrected chi connectivity index (χ2v) is 6.75. The van der Waals surface area contributed by atoms with E-state index in [1.165, 1.54) is 10.4 Å². The summed E-state index contributed by atoms with van der Waals surface area (Å²) in [4.78, 5) is 0.179. The molecule has 6 heteroatoms. The van der Waals surface area contributed by atoms with Gasteiger partial charge in [0, 0.05) is 13.1 Å². The van der Waals surface area contributed by atoms with Crippen molar-refractivity contribution in [2.24, 2.45) is 0 Å². The van der Waals surface area contributed by atoms with Crippen molar-refractivity contribution < 1.29 is 18.3 Å². The number of nitrogens with zero attached hydrogens (tertiary/aromatic N) is 1. The lowest BCUT2D eigenvalue weighted by atomic mass is 10.2. The van der Waals surface area contributed by atoms with Gasteiger partial charge in [0.05, 0.1) is 23.7 Å². The zero-order valence-corrected chi connectivity index (χ0v) is 11.9. The summed E-state index contributed by atoms with van der Waals surface area (Å²) in [7, 11) is -3.58. The number of morpholine rings is 1. The van der Waals surface area contributed by atoms with Crippen molar-refractivity contribution in [2.45, 2.75) is 37.6 Å². The van der Waals surface area contributed by atoms with Crippen LogP contribution in [0.25, 0.3) is 0 Å². The van der Waals surface area contributed by atoms with Gasteiger partial charge in [0.2, 0.25) is 10.0 Å². The Bertz CT molecular complexity index is 533. The van der Waals surface area contributed by atoms with Crippen molar-refractivity contribution in [2.75, 3.05) is 13.1 Å². The molecule has 0 radical (unpaired) electrons. The standard InChI is InChI=1S/C13H19NO4S/c1-10-7-14(8-11(2)18-10)19(16,17)13-6-4-3-5-12(13)9-15/h3-6,10-11,15H,7-9H2,1-2H3/t10-,11+. The summed E-state index contributed by atoms with van der Waals surface area (Å²) in [5, 5.41) is 9.28. The number of ether oxygens (including phenoxy) is 1. The Balaban J connectivity index is 2.36. The van der Waals surface area contributed by atoms with Gasteiger partial charge in [-0.1, -0.05) is 18.2 Å². The Labute approximate surface area is 113 Å². The third kappa shape index (κ3) is 2.97. The molecule has 19 heavy (non-hydrogen) atoms. The highest BCUT2D eigenvalue weighted by Crippen LogP contribution is 2.23. The fourth-order valence-electron chi connectivity index (χ4n) is 2.35. The van der Waals surface area contributed by atoms with E-state index in [0.717, 1.165) is 0 Å². The zero-order valence-electron chi connectivity index (χ0n) is 11.1. The van der Waals surface area contributed by atoms with E-state index in [9.17, 15) is 13.5 Å². The van der Waals surface area contributed by atoms with Crippen LogP contribution in [0.3, 0.4) is 0 Å². The molecule has 0 saturated carbocycles. The second kappa shape index (κ2) is 5.58. The van der Waals surface area contributed by atoms with Crippen LogP contribution in [0.5, 0.6) is 0 Å². The number of aliphatic hydroxyl groups excluding tert-OH is 1. The van der Waals surface area contributed by atoms with E-state index in [4.69, 9.17) is 4.74 Å². The fourth-order valence-corrected chi connectivity index (χ4v) is 4.16. The monoisotopic (exact) mass is 285 g/mol. The minimum absolute atomic E-state index is 0.125. The van der Waals surface area contributed by atoms with Gasteiger partial charge in [0.1, 0.15) is 0 Å². The van der Waals surface area contributed by atoms with Gasteiger partial charge in [-0.05, 0) is 25.5 Å². The molecule has 0 unspecified atom stereocenters. The van der Waals surface area contributed by atoms with Crippen molar-refractivity contribution in [3.63, 3.8) is 0 Å². The maximum absolute atomic E-state index is 12.6. The third-order valence-corrected chi connectivity index (χ3v) is 5.08. The van der Waals surface area contributed by atoms with Gasteiger partial charge in [-0.3, -0.25) is 0 Å². The minimum atomic E-state index is -3.58. The molecule has 0 bridgehead atoms. The van der Waals surface area contributed by atoms with Gasteiger partial charge < -0.3 is 9.84 Å². The molecule has 1 aromatic rings. The normalized spacial score (nSPS) is 25.4. The summed E-state index contributed by atoms with van der Waals surface area (Å²) < 4.78 is 32.2. The van der Waals surface area contributed by atoms with Gasteiger partial charge in [-0.25, -0.2) is 8.42 Å². The molecule has 1 aliphatic heterocycles. The molecule has 1 fully saturated rings. The molecule has 1 heterocycles. The smallest absolute Gasteiger partial charge is 0.243 e. The van der Waals surface area contributed by atoms with Gasteiger partial charge in [0.15, 0.2) is 0 Å². The molecule has 0 amide bonds. The molecule has 1 N–H and O–H groups in total. The molecule has 0 spiro atoms. The fraction of sp³-hybridized carbons (Fsp3) is 0.538. The van der Waals surface area contributed by atoms with Crippen LogP contribution in [0.4, 0.5) is 0 Å². The molecule has 0 aliphatic carbocycles. The maximum Gasteiger partial charge on any atom is 0.243 e. The van der Waals surface area contributed by atoms with Crippen LogP contribution in [-0.4, -0.2) is 43.1 Å². The predicted octanol–water partition coefficient (Wildman–Crippen LogP) is 0.977. The lowest BCUT2D eigenvalue weighted by molar-refractivity contribution is -0.0441. The van der Waals surface area contributed by atoms with E-state index in [1.807, 2.05) is 13.8 Å². The molecule has 0 aromatic heterocycles. The number of hydrogen-bond donors (Lipinski definition) is 1. The summed E-state index contributed by atoms with van der Waals surface area (Å²) >= 11 is 0. The van der Waals surface area contributed by atoms with E-state index < -0.39 is 10.0 Å². The third-order valence-electron chi connectivity index (χ3n) is 3.15. The lowest BCUT2D eigenvalue weighted by Gasteiger charge is -2.34. The van der Waals surface area contributed by atoms with Crippen LogP contribution in [0, 0.1) is 0 Å². The van der Waals surface area contributed by atoms with Gasteiger partial charge in [0.25, 0.3) is 0 Å². The van der Waals surface area contributed by atoms with E-state index in [0.29, 0.717) is 18.7 Å². The topological polar surface area (TPSA) is 66.8 Å². The Kier molecular flexibility index (Phi) is 4.25. The van der Waals surface area contributed by atoms with Gasteiger partial charge in [-0.2, -0.15) is 4.31 Å². The second-order valence-electron chi connectivity index (χ2n) is 4.85. The van der Waals surface area contributed by atoms with E-state index in [2.05, 4.69) is 0 Å². The first kappa shape index (κ1) is 14.5.